The van der Waals surface area contributed by atoms with Gasteiger partial charge in [-0.3, -0.25) is 4.79 Å². The quantitative estimate of drug-likeness (QED) is 0.710. The highest BCUT2D eigenvalue weighted by atomic mass is 35.5. The fraction of sp³-hybridized carbons (Fsp3) is 0.800. The van der Waals surface area contributed by atoms with Gasteiger partial charge >= 0.3 is 0 Å². The summed E-state index contributed by atoms with van der Waals surface area (Å²) in [5, 5.41) is 12.0. The van der Waals surface area contributed by atoms with E-state index in [-0.39, 0.29) is 48.8 Å². The third-order valence-electron chi connectivity index (χ3n) is 3.15. The Kier molecular flexibility index (Phi) is 6.80. The van der Waals surface area contributed by atoms with Crippen LogP contribution in [0, 0.1) is 11.3 Å². The molecule has 7 heteroatoms. The second-order valence-corrected chi connectivity index (χ2v) is 4.28. The van der Waals surface area contributed by atoms with E-state index in [9.17, 15) is 4.79 Å². The van der Waals surface area contributed by atoms with Crippen LogP contribution in [0.1, 0.15) is 19.3 Å². The number of carbonyl (C=O) groups is 1. The van der Waals surface area contributed by atoms with Crippen LogP contribution in [0.5, 0.6) is 0 Å². The van der Waals surface area contributed by atoms with Gasteiger partial charge in [0.25, 0.3) is 0 Å². The normalized spacial score (nSPS) is 31.3. The van der Waals surface area contributed by atoms with Crippen molar-refractivity contribution >= 4 is 30.7 Å². The molecule has 3 atom stereocenters. The Bertz CT molecular complexity index is 307. The first-order valence-corrected chi connectivity index (χ1v) is 5.41. The molecule has 1 amide bonds. The Balaban J connectivity index is 0.00000128. The molecule has 0 aromatic carbocycles. The molecule has 2 rings (SSSR count). The molecule has 0 radical (unpaired) electrons. The first-order chi connectivity index (χ1) is 7.22. The van der Waals surface area contributed by atoms with Gasteiger partial charge in [0.2, 0.25) is 5.91 Å². The SMILES string of the molecule is Cl.Cl.N#C[C@@H]1CCCN1C(=O)[C@@H]1C[C@H](N)CN1. The minimum absolute atomic E-state index is 0. The van der Waals surface area contributed by atoms with Crippen molar-refractivity contribution in [3.05, 3.63) is 0 Å². The summed E-state index contributed by atoms with van der Waals surface area (Å²) in [6, 6.07) is 1.85. The summed E-state index contributed by atoms with van der Waals surface area (Å²) < 4.78 is 0. The second kappa shape index (κ2) is 7.02. The van der Waals surface area contributed by atoms with Crippen molar-refractivity contribution < 1.29 is 4.79 Å². The van der Waals surface area contributed by atoms with Crippen molar-refractivity contribution in [1.82, 2.24) is 10.2 Å². The number of nitriles is 1. The Morgan fingerprint density at radius 3 is 2.71 bits per heavy atom. The number of hydrogen-bond acceptors (Lipinski definition) is 4. The number of likely N-dealkylation sites (tertiary alicyclic amines) is 1. The summed E-state index contributed by atoms with van der Waals surface area (Å²) in [5.74, 6) is 0.0481. The van der Waals surface area contributed by atoms with E-state index in [4.69, 9.17) is 11.0 Å². The minimum Gasteiger partial charge on any atom is -0.326 e. The number of hydrogen-bond donors (Lipinski definition) is 2. The fourth-order valence-electron chi connectivity index (χ4n) is 2.32. The number of carbonyl (C=O) groups excluding carboxylic acids is 1. The second-order valence-electron chi connectivity index (χ2n) is 4.28. The number of nitrogens with zero attached hydrogens (tertiary/aromatic N) is 2. The molecule has 0 saturated carbocycles. The van der Waals surface area contributed by atoms with Crippen molar-refractivity contribution in [2.24, 2.45) is 5.73 Å². The summed E-state index contributed by atoms with van der Waals surface area (Å²) >= 11 is 0. The van der Waals surface area contributed by atoms with Crippen molar-refractivity contribution in [2.45, 2.75) is 37.4 Å². The maximum Gasteiger partial charge on any atom is 0.240 e. The summed E-state index contributed by atoms with van der Waals surface area (Å²) in [6.45, 7) is 1.41. The average molecular weight is 281 g/mol. The number of rotatable bonds is 1. The van der Waals surface area contributed by atoms with Gasteiger partial charge in [0, 0.05) is 19.1 Å². The average Bonchev–Trinajstić information content (AvgIpc) is 2.84. The van der Waals surface area contributed by atoms with Crippen LogP contribution in [0.15, 0.2) is 0 Å². The van der Waals surface area contributed by atoms with Crippen LogP contribution in [0.3, 0.4) is 0 Å². The van der Waals surface area contributed by atoms with E-state index in [1.807, 2.05) is 0 Å². The Morgan fingerprint density at radius 1 is 1.47 bits per heavy atom. The summed E-state index contributed by atoms with van der Waals surface area (Å²) in [6.07, 6.45) is 2.43. The van der Waals surface area contributed by atoms with Gasteiger partial charge in [-0.1, -0.05) is 0 Å². The molecule has 0 aliphatic carbocycles. The van der Waals surface area contributed by atoms with Gasteiger partial charge in [-0.15, -0.1) is 24.8 Å². The molecule has 98 valence electrons. The molecule has 2 aliphatic rings. The Morgan fingerprint density at radius 2 is 2.18 bits per heavy atom. The van der Waals surface area contributed by atoms with Crippen LogP contribution in [0.2, 0.25) is 0 Å². The maximum atomic E-state index is 12.0. The molecule has 2 aliphatic heterocycles. The fourth-order valence-corrected chi connectivity index (χ4v) is 2.32. The first kappa shape index (κ1) is 16.5. The third-order valence-corrected chi connectivity index (χ3v) is 3.15. The van der Waals surface area contributed by atoms with Gasteiger partial charge in [-0.2, -0.15) is 5.26 Å². The van der Waals surface area contributed by atoms with Gasteiger partial charge in [0.05, 0.1) is 12.1 Å². The number of nitrogens with two attached hydrogens (primary N) is 1. The van der Waals surface area contributed by atoms with Crippen molar-refractivity contribution in [3.8, 4) is 6.07 Å². The van der Waals surface area contributed by atoms with Crippen molar-refractivity contribution in [3.63, 3.8) is 0 Å². The van der Waals surface area contributed by atoms with Crippen molar-refractivity contribution in [1.29, 1.82) is 5.26 Å². The van der Waals surface area contributed by atoms with Gasteiger partial charge < -0.3 is 16.0 Å². The molecule has 2 fully saturated rings. The molecule has 0 aromatic rings. The number of amides is 1. The molecule has 0 bridgehead atoms. The van der Waals surface area contributed by atoms with E-state index in [0.29, 0.717) is 19.5 Å². The van der Waals surface area contributed by atoms with E-state index < -0.39 is 0 Å². The van der Waals surface area contributed by atoms with Gasteiger partial charge in [0.1, 0.15) is 6.04 Å². The zero-order valence-corrected chi connectivity index (χ0v) is 11.1. The molecule has 0 unspecified atom stereocenters. The topological polar surface area (TPSA) is 82.2 Å². The number of nitrogens with one attached hydrogen (secondary N) is 1. The van der Waals surface area contributed by atoms with Crippen LogP contribution < -0.4 is 11.1 Å². The molecule has 0 spiro atoms. The van der Waals surface area contributed by atoms with Crippen LogP contribution in [-0.4, -0.2) is 42.0 Å². The lowest BCUT2D eigenvalue weighted by molar-refractivity contribution is -0.133. The molecule has 17 heavy (non-hydrogen) atoms. The van der Waals surface area contributed by atoms with E-state index in [1.165, 1.54) is 0 Å². The Labute approximate surface area is 114 Å². The minimum atomic E-state index is -0.226. The lowest BCUT2D eigenvalue weighted by Gasteiger charge is -2.23. The lowest BCUT2D eigenvalue weighted by atomic mass is 10.1. The van der Waals surface area contributed by atoms with Gasteiger partial charge in [-0.25, -0.2) is 0 Å². The third kappa shape index (κ3) is 3.46. The summed E-state index contributed by atoms with van der Waals surface area (Å²) in [4.78, 5) is 13.7. The van der Waals surface area contributed by atoms with Crippen LogP contribution >= 0.6 is 24.8 Å². The predicted molar refractivity (Wildman–Crippen MR) is 69.2 cm³/mol. The maximum absolute atomic E-state index is 12.0. The zero-order valence-electron chi connectivity index (χ0n) is 9.46. The summed E-state index contributed by atoms with van der Waals surface area (Å²) in [5.41, 5.74) is 5.73. The molecule has 2 heterocycles. The largest absolute Gasteiger partial charge is 0.326 e. The first-order valence-electron chi connectivity index (χ1n) is 5.41. The smallest absolute Gasteiger partial charge is 0.240 e. The van der Waals surface area contributed by atoms with E-state index >= 15 is 0 Å². The van der Waals surface area contributed by atoms with Crippen molar-refractivity contribution in [2.75, 3.05) is 13.1 Å². The number of halogens is 2. The lowest BCUT2D eigenvalue weighted by Crippen LogP contribution is -2.45. The van der Waals surface area contributed by atoms with E-state index in [2.05, 4.69) is 11.4 Å². The highest BCUT2D eigenvalue weighted by Gasteiger charge is 2.35. The van der Waals surface area contributed by atoms with Gasteiger partial charge in [-0.05, 0) is 19.3 Å². The molecular formula is C10H18Cl2N4O. The Hall–Kier alpha value is -0.540. The molecule has 5 nitrogen and oxygen atoms in total. The summed E-state index contributed by atoms with van der Waals surface area (Å²) in [7, 11) is 0. The van der Waals surface area contributed by atoms with Crippen LogP contribution in [-0.2, 0) is 4.79 Å². The molecular weight excluding hydrogens is 263 g/mol. The van der Waals surface area contributed by atoms with Gasteiger partial charge in [0.15, 0.2) is 0 Å². The van der Waals surface area contributed by atoms with E-state index in [1.54, 1.807) is 4.90 Å². The monoisotopic (exact) mass is 280 g/mol. The molecule has 3 N–H and O–H groups in total. The highest BCUT2D eigenvalue weighted by molar-refractivity contribution is 5.85. The van der Waals surface area contributed by atoms with E-state index in [0.717, 1.165) is 12.8 Å². The molecule has 0 aromatic heterocycles. The zero-order chi connectivity index (χ0) is 10.8. The van der Waals surface area contributed by atoms with Crippen LogP contribution in [0.4, 0.5) is 0 Å². The molecule has 2 saturated heterocycles. The highest BCUT2D eigenvalue weighted by Crippen LogP contribution is 2.19. The predicted octanol–water partition coefficient (Wildman–Crippen LogP) is 0.0338. The van der Waals surface area contributed by atoms with Crippen LogP contribution in [0.25, 0.3) is 0 Å². The standard InChI is InChI=1S/C10H16N4O.2ClH/c11-5-8-2-1-3-14(8)10(15)9-4-7(12)6-13-9;;/h7-9,13H,1-4,6,12H2;2*1H/t7-,8-,9-;;/m0../s1.